The van der Waals surface area contributed by atoms with Gasteiger partial charge in [0.15, 0.2) is 0 Å². The van der Waals surface area contributed by atoms with E-state index in [-0.39, 0.29) is 24.1 Å². The predicted molar refractivity (Wildman–Crippen MR) is 90.2 cm³/mol. The fraction of sp³-hybridized carbons (Fsp3) is 0.588. The number of likely N-dealkylation sites (tertiary alicyclic amines) is 1. The number of hydrogen-bond donors (Lipinski definition) is 0. The van der Waals surface area contributed by atoms with Crippen LogP contribution >= 0.6 is 0 Å². The zero-order chi connectivity index (χ0) is 17.6. The topological polar surface area (TPSA) is 85.9 Å². The van der Waals surface area contributed by atoms with E-state index >= 15 is 0 Å². The van der Waals surface area contributed by atoms with Gasteiger partial charge in [0.25, 0.3) is 5.56 Å². The van der Waals surface area contributed by atoms with E-state index in [0.717, 1.165) is 12.1 Å². The maximum Gasteiger partial charge on any atom is 0.256 e. The Balaban J connectivity index is 1.41. The highest BCUT2D eigenvalue weighted by atomic mass is 16.2. The van der Waals surface area contributed by atoms with Gasteiger partial charge in [-0.15, -0.1) is 5.10 Å². The number of aromatic nitrogens is 5. The Hall–Kier alpha value is -2.51. The lowest BCUT2D eigenvalue weighted by atomic mass is 10.2. The van der Waals surface area contributed by atoms with Crippen molar-refractivity contribution in [1.82, 2.24) is 29.4 Å². The molecule has 3 heterocycles. The minimum atomic E-state index is -0.151. The minimum Gasteiger partial charge on any atom is -0.339 e. The van der Waals surface area contributed by atoms with Gasteiger partial charge in [-0.3, -0.25) is 14.2 Å². The Morgan fingerprint density at radius 2 is 2.08 bits per heavy atom. The summed E-state index contributed by atoms with van der Waals surface area (Å²) in [5, 5.41) is 8.48. The van der Waals surface area contributed by atoms with Crippen LogP contribution in [0.3, 0.4) is 0 Å². The number of aryl methyl sites for hydroxylation is 1. The molecule has 1 aliphatic heterocycles. The molecule has 25 heavy (non-hydrogen) atoms. The standard InChI is InChI=1S/C17H22N6O2/c1-11-12(2)18-10-22(17(11)25)9-16(24)21-6-5-14(7-21)23-8-15(19-20-23)13-3-4-13/h8,10,13-14H,3-7,9H2,1-2H3. The summed E-state index contributed by atoms with van der Waals surface area (Å²) >= 11 is 0. The molecule has 0 spiro atoms. The average molecular weight is 342 g/mol. The first kappa shape index (κ1) is 16.0. The largest absolute Gasteiger partial charge is 0.339 e. The van der Waals surface area contributed by atoms with Gasteiger partial charge in [0.1, 0.15) is 6.54 Å². The molecule has 0 aromatic carbocycles. The lowest BCUT2D eigenvalue weighted by Crippen LogP contribution is -2.36. The van der Waals surface area contributed by atoms with Gasteiger partial charge in [0, 0.05) is 36.5 Å². The van der Waals surface area contributed by atoms with E-state index in [1.165, 1.54) is 23.7 Å². The second-order valence-corrected chi connectivity index (χ2v) is 7.07. The molecule has 8 nitrogen and oxygen atoms in total. The predicted octanol–water partition coefficient (Wildman–Crippen LogP) is 0.803. The summed E-state index contributed by atoms with van der Waals surface area (Å²) in [5.74, 6) is 0.522. The zero-order valence-corrected chi connectivity index (χ0v) is 14.6. The Labute approximate surface area is 145 Å². The summed E-state index contributed by atoms with van der Waals surface area (Å²) in [7, 11) is 0. The molecule has 132 valence electrons. The lowest BCUT2D eigenvalue weighted by Gasteiger charge is -2.17. The Morgan fingerprint density at radius 3 is 2.84 bits per heavy atom. The SMILES string of the molecule is Cc1ncn(CC(=O)N2CCC(n3cc(C4CC4)nn3)C2)c(=O)c1C. The monoisotopic (exact) mass is 342 g/mol. The van der Waals surface area contributed by atoms with Gasteiger partial charge in [0.2, 0.25) is 5.91 Å². The number of nitrogens with zero attached hydrogens (tertiary/aromatic N) is 6. The molecule has 1 saturated carbocycles. The van der Waals surface area contributed by atoms with E-state index in [4.69, 9.17) is 0 Å². The molecule has 1 unspecified atom stereocenters. The first-order valence-electron chi connectivity index (χ1n) is 8.75. The van der Waals surface area contributed by atoms with Crippen LogP contribution < -0.4 is 5.56 Å². The van der Waals surface area contributed by atoms with Crippen molar-refractivity contribution in [3.05, 3.63) is 39.8 Å². The van der Waals surface area contributed by atoms with E-state index in [0.29, 0.717) is 30.3 Å². The summed E-state index contributed by atoms with van der Waals surface area (Å²) in [5.41, 5.74) is 2.21. The first-order chi connectivity index (χ1) is 12.0. The number of amides is 1. The molecule has 2 aromatic rings. The van der Waals surface area contributed by atoms with Crippen LogP contribution in [0.1, 0.15) is 48.2 Å². The van der Waals surface area contributed by atoms with Crippen LogP contribution in [0.25, 0.3) is 0 Å². The maximum absolute atomic E-state index is 12.6. The third-order valence-electron chi connectivity index (χ3n) is 5.23. The van der Waals surface area contributed by atoms with Gasteiger partial charge >= 0.3 is 0 Å². The number of carbonyl (C=O) groups is 1. The van der Waals surface area contributed by atoms with E-state index < -0.39 is 0 Å². The van der Waals surface area contributed by atoms with Gasteiger partial charge in [-0.25, -0.2) is 9.67 Å². The molecule has 1 atom stereocenters. The zero-order valence-electron chi connectivity index (χ0n) is 14.6. The van der Waals surface area contributed by atoms with Crippen LogP contribution in [0.2, 0.25) is 0 Å². The van der Waals surface area contributed by atoms with Crippen molar-refractivity contribution in [3.63, 3.8) is 0 Å². The van der Waals surface area contributed by atoms with Crippen molar-refractivity contribution >= 4 is 5.91 Å². The molecule has 0 radical (unpaired) electrons. The Bertz CT molecular complexity index is 866. The molecule has 2 aromatic heterocycles. The van der Waals surface area contributed by atoms with Crippen LogP contribution in [0, 0.1) is 13.8 Å². The smallest absolute Gasteiger partial charge is 0.256 e. The minimum absolute atomic E-state index is 0.0321. The van der Waals surface area contributed by atoms with Gasteiger partial charge in [0.05, 0.1) is 18.1 Å². The number of rotatable bonds is 4. The average Bonchev–Trinajstić information content (AvgIpc) is 3.12. The highest BCUT2D eigenvalue weighted by Gasteiger charge is 2.31. The van der Waals surface area contributed by atoms with Crippen LogP contribution in [0.5, 0.6) is 0 Å². The Morgan fingerprint density at radius 1 is 1.28 bits per heavy atom. The second kappa shape index (κ2) is 6.09. The van der Waals surface area contributed by atoms with Crippen LogP contribution in [0.15, 0.2) is 17.3 Å². The van der Waals surface area contributed by atoms with E-state index in [2.05, 4.69) is 15.3 Å². The molecule has 1 saturated heterocycles. The fourth-order valence-corrected chi connectivity index (χ4v) is 3.25. The van der Waals surface area contributed by atoms with Crippen molar-refractivity contribution in [2.24, 2.45) is 0 Å². The summed E-state index contributed by atoms with van der Waals surface area (Å²) < 4.78 is 3.28. The normalized spacial score (nSPS) is 20.2. The third kappa shape index (κ3) is 3.08. The first-order valence-corrected chi connectivity index (χ1v) is 8.75. The molecule has 1 aliphatic carbocycles. The molecule has 8 heteroatoms. The molecule has 0 bridgehead atoms. The quantitative estimate of drug-likeness (QED) is 0.820. The van der Waals surface area contributed by atoms with E-state index in [1.54, 1.807) is 18.7 Å². The fourth-order valence-electron chi connectivity index (χ4n) is 3.25. The van der Waals surface area contributed by atoms with Crippen molar-refractivity contribution in [2.45, 2.75) is 51.6 Å². The van der Waals surface area contributed by atoms with E-state index in [1.807, 2.05) is 10.9 Å². The summed E-state index contributed by atoms with van der Waals surface area (Å²) in [6.45, 7) is 4.85. The van der Waals surface area contributed by atoms with Crippen LogP contribution in [-0.2, 0) is 11.3 Å². The number of carbonyl (C=O) groups excluding carboxylic acids is 1. The van der Waals surface area contributed by atoms with Crippen molar-refractivity contribution < 1.29 is 4.79 Å². The van der Waals surface area contributed by atoms with Gasteiger partial charge in [-0.05, 0) is 33.1 Å². The van der Waals surface area contributed by atoms with E-state index in [9.17, 15) is 9.59 Å². The molecule has 2 aliphatic rings. The molecular formula is C17H22N6O2. The second-order valence-electron chi connectivity index (χ2n) is 7.07. The van der Waals surface area contributed by atoms with Crippen molar-refractivity contribution in [3.8, 4) is 0 Å². The summed E-state index contributed by atoms with van der Waals surface area (Å²) in [6.07, 6.45) is 6.74. The third-order valence-corrected chi connectivity index (χ3v) is 5.23. The van der Waals surface area contributed by atoms with Gasteiger partial charge in [-0.2, -0.15) is 0 Å². The molecule has 4 rings (SSSR count). The number of hydrogen-bond acceptors (Lipinski definition) is 5. The molecular weight excluding hydrogens is 320 g/mol. The Kier molecular flexibility index (Phi) is 3.89. The molecule has 1 amide bonds. The summed E-state index contributed by atoms with van der Waals surface area (Å²) in [4.78, 5) is 30.8. The molecule has 2 fully saturated rings. The maximum atomic E-state index is 12.6. The van der Waals surface area contributed by atoms with Crippen molar-refractivity contribution in [1.29, 1.82) is 0 Å². The highest BCUT2D eigenvalue weighted by molar-refractivity contribution is 5.76. The van der Waals surface area contributed by atoms with Gasteiger partial charge in [-0.1, -0.05) is 5.21 Å². The van der Waals surface area contributed by atoms with Gasteiger partial charge < -0.3 is 4.90 Å². The summed E-state index contributed by atoms with van der Waals surface area (Å²) in [6, 6.07) is 0.165. The van der Waals surface area contributed by atoms with Crippen molar-refractivity contribution in [2.75, 3.05) is 13.1 Å². The van der Waals surface area contributed by atoms with Crippen LogP contribution in [0.4, 0.5) is 0 Å². The lowest BCUT2D eigenvalue weighted by molar-refractivity contribution is -0.130. The highest BCUT2D eigenvalue weighted by Crippen LogP contribution is 2.39. The molecule has 0 N–H and O–H groups in total. The van der Waals surface area contributed by atoms with Crippen LogP contribution in [-0.4, -0.2) is 48.4 Å².